The first-order chi connectivity index (χ1) is 16.1. The maximum atomic E-state index is 13.4. The number of aromatic amines is 1. The lowest BCUT2D eigenvalue weighted by Gasteiger charge is -2.27. The third-order valence-electron chi connectivity index (χ3n) is 5.28. The molecule has 0 bridgehead atoms. The Labute approximate surface area is 201 Å². The molecule has 0 saturated carbocycles. The summed E-state index contributed by atoms with van der Waals surface area (Å²) < 4.78 is 5.40. The van der Waals surface area contributed by atoms with Gasteiger partial charge in [-0.15, -0.1) is 16.4 Å². The summed E-state index contributed by atoms with van der Waals surface area (Å²) in [6, 6.07) is 9.93. The summed E-state index contributed by atoms with van der Waals surface area (Å²) in [6.45, 7) is 6.15. The van der Waals surface area contributed by atoms with Crippen LogP contribution in [0.25, 0.3) is 10.4 Å². The lowest BCUT2D eigenvalue weighted by atomic mass is 10.1. The van der Waals surface area contributed by atoms with Crippen molar-refractivity contribution in [2.75, 3.05) is 37.4 Å². The van der Waals surface area contributed by atoms with Gasteiger partial charge in [0.25, 0.3) is 5.91 Å². The van der Waals surface area contributed by atoms with E-state index in [9.17, 15) is 9.59 Å². The Morgan fingerprint density at radius 1 is 1.24 bits per heavy atom. The molecule has 0 unspecified atom stereocenters. The zero-order chi connectivity index (χ0) is 23.2. The van der Waals surface area contributed by atoms with Crippen molar-refractivity contribution in [3.05, 3.63) is 47.3 Å². The van der Waals surface area contributed by atoms with Crippen molar-refractivity contribution in [1.82, 2.24) is 20.1 Å². The molecule has 2 N–H and O–H groups in total. The number of nitrogens with one attached hydrogen (secondary N) is 2. The van der Waals surface area contributed by atoms with Crippen LogP contribution in [0.1, 0.15) is 35.1 Å². The number of morpholine rings is 1. The summed E-state index contributed by atoms with van der Waals surface area (Å²) in [7, 11) is 0. The van der Waals surface area contributed by atoms with E-state index < -0.39 is 0 Å². The van der Waals surface area contributed by atoms with Gasteiger partial charge in [0.2, 0.25) is 11.1 Å². The van der Waals surface area contributed by atoms with Crippen LogP contribution < -0.4 is 5.32 Å². The molecule has 10 heteroatoms. The minimum absolute atomic E-state index is 0.0737. The second-order valence-corrected chi connectivity index (χ2v) is 9.65. The van der Waals surface area contributed by atoms with Gasteiger partial charge in [0.15, 0.2) is 0 Å². The number of carbonyl (C=O) groups excluding carboxylic acids is 2. The van der Waals surface area contributed by atoms with Crippen molar-refractivity contribution >= 4 is 39.9 Å². The lowest BCUT2D eigenvalue weighted by molar-refractivity contribution is -0.113. The Morgan fingerprint density at radius 2 is 2.00 bits per heavy atom. The molecule has 0 spiro atoms. The maximum Gasteiger partial charge on any atom is 0.257 e. The van der Waals surface area contributed by atoms with Crippen molar-refractivity contribution in [2.24, 2.45) is 0 Å². The molecule has 1 aromatic carbocycles. The predicted molar refractivity (Wildman–Crippen MR) is 131 cm³/mol. The highest BCUT2D eigenvalue weighted by atomic mass is 32.2. The van der Waals surface area contributed by atoms with Crippen molar-refractivity contribution in [3.63, 3.8) is 0 Å². The van der Waals surface area contributed by atoms with Crippen LogP contribution in [-0.2, 0) is 16.0 Å². The number of thioether (sulfide) groups is 1. The van der Waals surface area contributed by atoms with Gasteiger partial charge in [-0.25, -0.2) is 4.98 Å². The number of benzene rings is 1. The topological polar surface area (TPSA) is 100 Å². The van der Waals surface area contributed by atoms with E-state index in [0.29, 0.717) is 42.0 Å². The number of thiophene rings is 1. The van der Waals surface area contributed by atoms with E-state index in [4.69, 9.17) is 4.74 Å². The van der Waals surface area contributed by atoms with Crippen LogP contribution >= 0.6 is 23.1 Å². The minimum Gasteiger partial charge on any atom is -0.378 e. The fourth-order valence-corrected chi connectivity index (χ4v) is 5.47. The van der Waals surface area contributed by atoms with Gasteiger partial charge in [0.1, 0.15) is 10.8 Å². The molecule has 0 atom stereocenters. The summed E-state index contributed by atoms with van der Waals surface area (Å²) in [5.41, 5.74) is 2.46. The molecule has 174 valence electrons. The summed E-state index contributed by atoms with van der Waals surface area (Å²) in [4.78, 5) is 33.4. The number of amides is 2. The van der Waals surface area contributed by atoms with Crippen molar-refractivity contribution in [1.29, 1.82) is 0 Å². The fraction of sp³-hybridized carbons (Fsp3) is 0.391. The average molecular weight is 486 g/mol. The monoisotopic (exact) mass is 485 g/mol. The molecular formula is C23H27N5O3S2. The van der Waals surface area contributed by atoms with Gasteiger partial charge < -0.3 is 15.0 Å². The SMILES string of the molecule is CCCc1nc(SCC(=O)Nc2sc(-c3ccccc3)c(C)c2C(=O)N2CCOCC2)n[nH]1. The van der Waals surface area contributed by atoms with Crippen molar-refractivity contribution < 1.29 is 14.3 Å². The van der Waals surface area contributed by atoms with Crippen LogP contribution in [0.2, 0.25) is 0 Å². The van der Waals surface area contributed by atoms with E-state index in [0.717, 1.165) is 34.7 Å². The number of rotatable bonds is 8. The molecule has 3 aromatic rings. The third kappa shape index (κ3) is 5.63. The van der Waals surface area contributed by atoms with Crippen LogP contribution in [0, 0.1) is 6.92 Å². The zero-order valence-corrected chi connectivity index (χ0v) is 20.4. The van der Waals surface area contributed by atoms with Crippen molar-refractivity contribution in [2.45, 2.75) is 31.8 Å². The van der Waals surface area contributed by atoms with Gasteiger partial charge in [-0.1, -0.05) is 49.0 Å². The maximum absolute atomic E-state index is 13.4. The molecule has 1 saturated heterocycles. The van der Waals surface area contributed by atoms with E-state index in [2.05, 4.69) is 27.4 Å². The lowest BCUT2D eigenvalue weighted by Crippen LogP contribution is -2.41. The zero-order valence-electron chi connectivity index (χ0n) is 18.7. The highest BCUT2D eigenvalue weighted by Crippen LogP contribution is 2.40. The van der Waals surface area contributed by atoms with E-state index >= 15 is 0 Å². The molecule has 0 radical (unpaired) electrons. The number of H-pyrrole nitrogens is 1. The number of carbonyl (C=O) groups is 2. The highest BCUT2D eigenvalue weighted by molar-refractivity contribution is 7.99. The molecule has 1 aliphatic heterocycles. The number of nitrogens with zero attached hydrogens (tertiary/aromatic N) is 3. The number of anilines is 1. The first-order valence-corrected chi connectivity index (χ1v) is 12.8. The molecule has 3 heterocycles. The Kier molecular flexibility index (Phi) is 7.79. The van der Waals surface area contributed by atoms with Crippen LogP contribution in [0.15, 0.2) is 35.5 Å². The van der Waals surface area contributed by atoms with Crippen molar-refractivity contribution in [3.8, 4) is 10.4 Å². The Hall–Kier alpha value is -2.69. The molecule has 8 nitrogen and oxygen atoms in total. The van der Waals surface area contributed by atoms with Crippen LogP contribution in [0.4, 0.5) is 5.00 Å². The molecule has 2 aromatic heterocycles. The number of aryl methyl sites for hydroxylation is 1. The Morgan fingerprint density at radius 3 is 2.73 bits per heavy atom. The van der Waals surface area contributed by atoms with E-state index in [1.165, 1.54) is 23.1 Å². The fourth-order valence-electron chi connectivity index (χ4n) is 3.63. The standard InChI is InChI=1S/C23H27N5O3S2/c1-3-7-17-24-23(27-26-17)32-14-18(29)25-21-19(22(30)28-10-12-31-13-11-28)15(2)20(33-21)16-8-5-4-6-9-16/h4-6,8-9H,3,7,10-14H2,1-2H3,(H,25,29)(H,24,26,27). The molecule has 33 heavy (non-hydrogen) atoms. The summed E-state index contributed by atoms with van der Waals surface area (Å²) in [6.07, 6.45) is 1.80. The van der Waals surface area contributed by atoms with Gasteiger partial charge in [0, 0.05) is 24.4 Å². The normalized spacial score (nSPS) is 13.8. The largest absolute Gasteiger partial charge is 0.378 e. The van der Waals surface area contributed by atoms with Crippen LogP contribution in [0.3, 0.4) is 0 Å². The molecular weight excluding hydrogens is 458 g/mol. The first kappa shape index (κ1) is 23.5. The van der Waals surface area contributed by atoms with E-state index in [-0.39, 0.29) is 17.6 Å². The average Bonchev–Trinajstić information content (AvgIpc) is 3.42. The quantitative estimate of drug-likeness (QED) is 0.468. The highest BCUT2D eigenvalue weighted by Gasteiger charge is 2.28. The van der Waals surface area contributed by atoms with E-state index in [1.807, 2.05) is 37.3 Å². The molecule has 4 rings (SSSR count). The Bertz CT molecular complexity index is 1110. The summed E-state index contributed by atoms with van der Waals surface area (Å²) >= 11 is 2.71. The van der Waals surface area contributed by atoms with Gasteiger partial charge in [-0.3, -0.25) is 14.7 Å². The number of hydrogen-bond acceptors (Lipinski definition) is 7. The minimum atomic E-state index is -0.196. The number of aromatic nitrogens is 3. The smallest absolute Gasteiger partial charge is 0.257 e. The molecule has 2 amide bonds. The van der Waals surface area contributed by atoms with Gasteiger partial charge in [-0.05, 0) is 24.5 Å². The van der Waals surface area contributed by atoms with Crippen LogP contribution in [0.5, 0.6) is 0 Å². The summed E-state index contributed by atoms with van der Waals surface area (Å²) in [5.74, 6) is 0.709. The van der Waals surface area contributed by atoms with Gasteiger partial charge in [-0.2, -0.15) is 0 Å². The Balaban J connectivity index is 1.54. The number of hydrogen-bond donors (Lipinski definition) is 2. The molecule has 1 aliphatic rings. The van der Waals surface area contributed by atoms with Gasteiger partial charge >= 0.3 is 0 Å². The summed E-state index contributed by atoms with van der Waals surface area (Å²) in [5, 5.41) is 11.2. The van der Waals surface area contributed by atoms with Crippen LogP contribution in [-0.4, -0.2) is 64.0 Å². The van der Waals surface area contributed by atoms with E-state index in [1.54, 1.807) is 4.90 Å². The second-order valence-electron chi connectivity index (χ2n) is 7.68. The number of ether oxygens (including phenoxy) is 1. The molecule has 0 aliphatic carbocycles. The van der Waals surface area contributed by atoms with Gasteiger partial charge in [0.05, 0.1) is 24.5 Å². The third-order valence-corrected chi connectivity index (χ3v) is 7.38. The molecule has 1 fully saturated rings. The first-order valence-electron chi connectivity index (χ1n) is 11.0. The predicted octanol–water partition coefficient (Wildman–Crippen LogP) is 4.00. The second kappa shape index (κ2) is 11.0.